The van der Waals surface area contributed by atoms with Crippen LogP contribution < -0.4 is 10.1 Å². The molecule has 3 nitrogen and oxygen atoms in total. The molecule has 0 aromatic heterocycles. The monoisotopic (exact) mass is 276 g/mol. The zero-order chi connectivity index (χ0) is 14.4. The standard InChI is InChI=1S/C17H28N2O/c1-14(12-16-9-6-7-11-18-16)19(2)13-15-8-4-5-10-17(15)20-3/h4-5,8,10,14,16,18H,6-7,9,11-13H2,1-3H3. The summed E-state index contributed by atoms with van der Waals surface area (Å²) in [6, 6.07) is 9.57. The van der Waals surface area contributed by atoms with E-state index in [0.717, 1.165) is 12.3 Å². The van der Waals surface area contributed by atoms with Crippen molar-refractivity contribution in [3.05, 3.63) is 29.8 Å². The third-order valence-corrected chi connectivity index (χ3v) is 4.40. The molecule has 20 heavy (non-hydrogen) atoms. The van der Waals surface area contributed by atoms with Gasteiger partial charge in [-0.15, -0.1) is 0 Å². The second kappa shape index (κ2) is 7.65. The van der Waals surface area contributed by atoms with E-state index in [4.69, 9.17) is 4.74 Å². The van der Waals surface area contributed by atoms with E-state index in [2.05, 4.69) is 36.3 Å². The number of methoxy groups -OCH3 is 1. The molecule has 2 atom stereocenters. The summed E-state index contributed by atoms with van der Waals surface area (Å²) in [5.74, 6) is 0.988. The van der Waals surface area contributed by atoms with Gasteiger partial charge in [-0.3, -0.25) is 4.90 Å². The predicted octanol–water partition coefficient (Wildman–Crippen LogP) is 3.05. The van der Waals surface area contributed by atoms with Gasteiger partial charge in [-0.1, -0.05) is 24.6 Å². The van der Waals surface area contributed by atoms with Gasteiger partial charge in [-0.2, -0.15) is 0 Å². The molecule has 1 heterocycles. The van der Waals surface area contributed by atoms with Crippen molar-refractivity contribution >= 4 is 0 Å². The van der Waals surface area contributed by atoms with E-state index >= 15 is 0 Å². The fraction of sp³-hybridized carbons (Fsp3) is 0.647. The molecule has 1 aromatic carbocycles. The Morgan fingerprint density at radius 1 is 1.35 bits per heavy atom. The molecule has 1 aromatic rings. The summed E-state index contributed by atoms with van der Waals surface area (Å²) in [5, 5.41) is 3.64. The largest absolute Gasteiger partial charge is 0.496 e. The van der Waals surface area contributed by atoms with Gasteiger partial charge in [0.1, 0.15) is 5.75 Å². The van der Waals surface area contributed by atoms with Gasteiger partial charge in [0.25, 0.3) is 0 Å². The van der Waals surface area contributed by atoms with Crippen molar-refractivity contribution in [3.8, 4) is 5.75 Å². The molecule has 1 N–H and O–H groups in total. The van der Waals surface area contributed by atoms with E-state index in [-0.39, 0.29) is 0 Å². The summed E-state index contributed by atoms with van der Waals surface area (Å²) in [6.45, 7) is 4.46. The Kier molecular flexibility index (Phi) is 5.86. The zero-order valence-corrected chi connectivity index (χ0v) is 13.1. The smallest absolute Gasteiger partial charge is 0.123 e. The van der Waals surface area contributed by atoms with E-state index in [1.165, 1.54) is 37.8 Å². The predicted molar refractivity (Wildman–Crippen MR) is 84.2 cm³/mol. The summed E-state index contributed by atoms with van der Waals surface area (Å²) < 4.78 is 5.44. The van der Waals surface area contributed by atoms with Gasteiger partial charge in [-0.05, 0) is 45.8 Å². The first-order valence-corrected chi connectivity index (χ1v) is 7.76. The molecule has 3 heteroatoms. The van der Waals surface area contributed by atoms with Crippen LogP contribution in [0.25, 0.3) is 0 Å². The molecule has 1 aliphatic heterocycles. The van der Waals surface area contributed by atoms with Crippen molar-refractivity contribution in [2.45, 2.75) is 51.2 Å². The van der Waals surface area contributed by atoms with E-state index in [0.29, 0.717) is 12.1 Å². The summed E-state index contributed by atoms with van der Waals surface area (Å²) in [6.07, 6.45) is 5.26. The van der Waals surface area contributed by atoms with Gasteiger partial charge in [-0.25, -0.2) is 0 Å². The maximum atomic E-state index is 5.44. The van der Waals surface area contributed by atoms with Crippen LogP contribution in [-0.4, -0.2) is 37.7 Å². The van der Waals surface area contributed by atoms with E-state index < -0.39 is 0 Å². The molecule has 1 aliphatic rings. The van der Waals surface area contributed by atoms with Crippen molar-refractivity contribution in [2.75, 3.05) is 20.7 Å². The maximum Gasteiger partial charge on any atom is 0.123 e. The van der Waals surface area contributed by atoms with Crippen LogP contribution in [0.4, 0.5) is 0 Å². The topological polar surface area (TPSA) is 24.5 Å². The number of nitrogens with one attached hydrogen (secondary N) is 1. The molecular weight excluding hydrogens is 248 g/mol. The van der Waals surface area contributed by atoms with Crippen molar-refractivity contribution < 1.29 is 4.74 Å². The first kappa shape index (κ1) is 15.3. The third-order valence-electron chi connectivity index (χ3n) is 4.40. The fourth-order valence-corrected chi connectivity index (χ4v) is 2.97. The second-order valence-corrected chi connectivity index (χ2v) is 5.96. The van der Waals surface area contributed by atoms with Crippen LogP contribution in [0.15, 0.2) is 24.3 Å². The van der Waals surface area contributed by atoms with E-state index in [1.54, 1.807) is 7.11 Å². The first-order chi connectivity index (χ1) is 9.70. The minimum atomic E-state index is 0.579. The summed E-state index contributed by atoms with van der Waals surface area (Å²) in [4.78, 5) is 2.42. The Labute approximate surface area is 123 Å². The molecule has 0 saturated carbocycles. The van der Waals surface area contributed by atoms with E-state index in [1.807, 2.05) is 12.1 Å². The molecule has 1 fully saturated rings. The van der Waals surface area contributed by atoms with Crippen molar-refractivity contribution in [1.29, 1.82) is 0 Å². The lowest BCUT2D eigenvalue weighted by atomic mass is 9.98. The number of para-hydroxylation sites is 1. The molecule has 1 saturated heterocycles. The fourth-order valence-electron chi connectivity index (χ4n) is 2.97. The second-order valence-electron chi connectivity index (χ2n) is 5.96. The minimum Gasteiger partial charge on any atom is -0.496 e. The van der Waals surface area contributed by atoms with Crippen LogP contribution in [0, 0.1) is 0 Å². The Hall–Kier alpha value is -1.06. The molecule has 112 valence electrons. The highest BCUT2D eigenvalue weighted by molar-refractivity contribution is 5.33. The lowest BCUT2D eigenvalue weighted by molar-refractivity contribution is 0.207. The number of nitrogens with zero attached hydrogens (tertiary/aromatic N) is 1. The van der Waals surface area contributed by atoms with Crippen LogP contribution in [0.1, 0.15) is 38.2 Å². The van der Waals surface area contributed by atoms with Gasteiger partial charge in [0, 0.05) is 24.2 Å². The molecule has 2 unspecified atom stereocenters. The first-order valence-electron chi connectivity index (χ1n) is 7.76. The van der Waals surface area contributed by atoms with Crippen LogP contribution in [-0.2, 0) is 6.54 Å². The van der Waals surface area contributed by atoms with Gasteiger partial charge < -0.3 is 10.1 Å². The highest BCUT2D eigenvalue weighted by Crippen LogP contribution is 2.21. The lowest BCUT2D eigenvalue weighted by Gasteiger charge is -2.31. The number of piperidine rings is 1. The molecule has 0 spiro atoms. The molecule has 0 bridgehead atoms. The SMILES string of the molecule is COc1ccccc1CN(C)C(C)CC1CCCCN1. The van der Waals surface area contributed by atoms with Gasteiger partial charge in [0.2, 0.25) is 0 Å². The summed E-state index contributed by atoms with van der Waals surface area (Å²) in [5.41, 5.74) is 1.26. The highest BCUT2D eigenvalue weighted by atomic mass is 16.5. The molecule has 0 aliphatic carbocycles. The lowest BCUT2D eigenvalue weighted by Crippen LogP contribution is -2.40. The molecular formula is C17H28N2O. The van der Waals surface area contributed by atoms with Crippen LogP contribution in [0.5, 0.6) is 5.75 Å². The van der Waals surface area contributed by atoms with Crippen LogP contribution in [0.2, 0.25) is 0 Å². The molecule has 2 rings (SSSR count). The summed E-state index contributed by atoms with van der Waals surface area (Å²) in [7, 11) is 3.95. The highest BCUT2D eigenvalue weighted by Gasteiger charge is 2.19. The van der Waals surface area contributed by atoms with Crippen molar-refractivity contribution in [2.24, 2.45) is 0 Å². The number of ether oxygens (including phenoxy) is 1. The van der Waals surface area contributed by atoms with Gasteiger partial charge in [0.15, 0.2) is 0 Å². The van der Waals surface area contributed by atoms with Crippen molar-refractivity contribution in [1.82, 2.24) is 10.2 Å². The maximum absolute atomic E-state index is 5.44. The van der Waals surface area contributed by atoms with Crippen LogP contribution in [0.3, 0.4) is 0 Å². The number of hydrogen-bond acceptors (Lipinski definition) is 3. The van der Waals surface area contributed by atoms with E-state index in [9.17, 15) is 0 Å². The number of benzene rings is 1. The number of hydrogen-bond donors (Lipinski definition) is 1. The summed E-state index contributed by atoms with van der Waals surface area (Å²) >= 11 is 0. The number of rotatable bonds is 6. The average molecular weight is 276 g/mol. The quantitative estimate of drug-likeness (QED) is 0.864. The normalized spacial score (nSPS) is 20.9. The minimum absolute atomic E-state index is 0.579. The molecule has 0 radical (unpaired) electrons. The zero-order valence-electron chi connectivity index (χ0n) is 13.1. The Morgan fingerprint density at radius 3 is 2.85 bits per heavy atom. The Bertz CT molecular complexity index is 402. The molecule has 0 amide bonds. The van der Waals surface area contributed by atoms with Crippen LogP contribution >= 0.6 is 0 Å². The van der Waals surface area contributed by atoms with Crippen molar-refractivity contribution in [3.63, 3.8) is 0 Å². The third kappa shape index (κ3) is 4.22. The Morgan fingerprint density at radius 2 is 2.15 bits per heavy atom. The Balaban J connectivity index is 1.88. The van der Waals surface area contributed by atoms with Gasteiger partial charge >= 0.3 is 0 Å². The van der Waals surface area contributed by atoms with Gasteiger partial charge in [0.05, 0.1) is 7.11 Å². The average Bonchev–Trinajstić information content (AvgIpc) is 2.48.